The minimum atomic E-state index is -3.31. The molecule has 1 aliphatic heterocycles. The van der Waals surface area contributed by atoms with Crippen molar-refractivity contribution < 1.29 is 30.7 Å². The molecular formula is C22H22F4N4O3S. The number of pyridine rings is 1. The SMILES string of the molecule is COc1nc(C2(F)CCS(=O)(=O)CC2)cc2c(N[C@H](C)c3cccc(C(F)F)c3F)ncnc12. The van der Waals surface area contributed by atoms with Crippen LogP contribution in [-0.4, -0.2) is 42.0 Å². The molecule has 182 valence electrons. The van der Waals surface area contributed by atoms with E-state index in [0.717, 1.165) is 6.07 Å². The fraction of sp³-hybridized carbons (Fsp3) is 0.409. The van der Waals surface area contributed by atoms with E-state index >= 15 is 4.39 Å². The Morgan fingerprint density at radius 3 is 2.47 bits per heavy atom. The van der Waals surface area contributed by atoms with Gasteiger partial charge in [-0.3, -0.25) is 0 Å². The number of hydrogen-bond donors (Lipinski definition) is 1. The molecule has 1 aromatic carbocycles. The van der Waals surface area contributed by atoms with E-state index in [9.17, 15) is 21.6 Å². The molecule has 0 amide bonds. The third kappa shape index (κ3) is 4.50. The van der Waals surface area contributed by atoms with Gasteiger partial charge in [0.25, 0.3) is 6.43 Å². The highest BCUT2D eigenvalue weighted by atomic mass is 32.2. The van der Waals surface area contributed by atoms with Crippen LogP contribution in [0.3, 0.4) is 0 Å². The second-order valence-electron chi connectivity index (χ2n) is 8.17. The van der Waals surface area contributed by atoms with Gasteiger partial charge in [0.15, 0.2) is 15.5 Å². The summed E-state index contributed by atoms with van der Waals surface area (Å²) in [6.07, 6.45) is -2.26. The van der Waals surface area contributed by atoms with Gasteiger partial charge in [0.1, 0.15) is 23.5 Å². The Hall–Kier alpha value is -3.02. The first-order chi connectivity index (χ1) is 16.0. The predicted molar refractivity (Wildman–Crippen MR) is 118 cm³/mol. The maximum absolute atomic E-state index is 15.8. The van der Waals surface area contributed by atoms with E-state index < -0.39 is 39.4 Å². The lowest BCUT2D eigenvalue weighted by molar-refractivity contribution is 0.141. The van der Waals surface area contributed by atoms with E-state index in [1.54, 1.807) is 6.92 Å². The van der Waals surface area contributed by atoms with Crippen LogP contribution in [-0.2, 0) is 15.5 Å². The Labute approximate surface area is 193 Å². The summed E-state index contributed by atoms with van der Waals surface area (Å²) in [5, 5.41) is 3.29. The summed E-state index contributed by atoms with van der Waals surface area (Å²) < 4.78 is 85.5. The molecular weight excluding hydrogens is 476 g/mol. The molecule has 1 fully saturated rings. The van der Waals surface area contributed by atoms with E-state index in [1.165, 1.54) is 31.6 Å². The normalized spacial score (nSPS) is 18.1. The quantitative estimate of drug-likeness (QED) is 0.494. The first-order valence-electron chi connectivity index (χ1n) is 10.5. The Balaban J connectivity index is 1.76. The molecule has 3 aromatic rings. The maximum Gasteiger partial charge on any atom is 0.266 e. The average molecular weight is 499 g/mol. The first-order valence-corrected chi connectivity index (χ1v) is 12.3. The monoisotopic (exact) mass is 498 g/mol. The average Bonchev–Trinajstić information content (AvgIpc) is 2.80. The van der Waals surface area contributed by atoms with Gasteiger partial charge in [-0.05, 0) is 13.0 Å². The van der Waals surface area contributed by atoms with Gasteiger partial charge in [0.2, 0.25) is 5.88 Å². The first kappa shape index (κ1) is 24.1. The summed E-state index contributed by atoms with van der Waals surface area (Å²) in [4.78, 5) is 12.6. The molecule has 1 N–H and O–H groups in total. The number of alkyl halides is 3. The van der Waals surface area contributed by atoms with Crippen LogP contribution in [0.5, 0.6) is 5.88 Å². The molecule has 1 aliphatic rings. The highest BCUT2D eigenvalue weighted by molar-refractivity contribution is 7.91. The van der Waals surface area contributed by atoms with Gasteiger partial charge < -0.3 is 10.1 Å². The molecule has 0 bridgehead atoms. The molecule has 0 aliphatic carbocycles. The van der Waals surface area contributed by atoms with Crippen LogP contribution in [0.15, 0.2) is 30.6 Å². The summed E-state index contributed by atoms with van der Waals surface area (Å²) in [6.45, 7) is 1.57. The molecule has 2 aromatic heterocycles. The van der Waals surface area contributed by atoms with E-state index in [4.69, 9.17) is 4.74 Å². The summed E-state index contributed by atoms with van der Waals surface area (Å²) in [6, 6.07) is 4.37. The van der Waals surface area contributed by atoms with Crippen molar-refractivity contribution in [1.82, 2.24) is 15.0 Å². The fourth-order valence-electron chi connectivity index (χ4n) is 3.99. The van der Waals surface area contributed by atoms with Crippen molar-refractivity contribution >= 4 is 26.6 Å². The van der Waals surface area contributed by atoms with Gasteiger partial charge in [-0.15, -0.1) is 0 Å². The smallest absolute Gasteiger partial charge is 0.266 e. The lowest BCUT2D eigenvalue weighted by Gasteiger charge is -2.29. The van der Waals surface area contributed by atoms with E-state index in [1.807, 2.05) is 0 Å². The van der Waals surface area contributed by atoms with Crippen molar-refractivity contribution in [3.63, 3.8) is 0 Å². The summed E-state index contributed by atoms with van der Waals surface area (Å²) in [5.41, 5.74) is -2.47. The van der Waals surface area contributed by atoms with Gasteiger partial charge in [0.05, 0.1) is 41.3 Å². The number of anilines is 1. The molecule has 0 spiro atoms. The molecule has 7 nitrogen and oxygen atoms in total. The van der Waals surface area contributed by atoms with Crippen LogP contribution in [0.1, 0.15) is 49.1 Å². The van der Waals surface area contributed by atoms with E-state index in [-0.39, 0.29) is 52.8 Å². The second-order valence-corrected chi connectivity index (χ2v) is 10.5. The van der Waals surface area contributed by atoms with Crippen molar-refractivity contribution in [1.29, 1.82) is 0 Å². The molecule has 1 atom stereocenters. The Morgan fingerprint density at radius 2 is 1.82 bits per heavy atom. The number of sulfone groups is 1. The number of halogens is 4. The minimum Gasteiger partial charge on any atom is -0.479 e. The van der Waals surface area contributed by atoms with Crippen molar-refractivity contribution in [3.8, 4) is 5.88 Å². The minimum absolute atomic E-state index is 0.00487. The highest BCUT2D eigenvalue weighted by Crippen LogP contribution is 2.40. The molecule has 0 unspecified atom stereocenters. The van der Waals surface area contributed by atoms with Crippen molar-refractivity contribution in [2.24, 2.45) is 0 Å². The van der Waals surface area contributed by atoms with E-state index in [0.29, 0.717) is 5.39 Å². The van der Waals surface area contributed by atoms with Crippen LogP contribution >= 0.6 is 0 Å². The summed E-state index contributed by atoms with van der Waals surface area (Å²) in [5.74, 6) is -1.44. The van der Waals surface area contributed by atoms with Crippen molar-refractivity contribution in [3.05, 3.63) is 53.2 Å². The zero-order valence-electron chi connectivity index (χ0n) is 18.4. The van der Waals surface area contributed by atoms with Gasteiger partial charge in [-0.1, -0.05) is 18.2 Å². The van der Waals surface area contributed by atoms with Crippen LogP contribution in [0.2, 0.25) is 0 Å². The number of benzene rings is 1. The predicted octanol–water partition coefficient (Wildman–Crippen LogP) is 4.66. The maximum atomic E-state index is 15.8. The third-order valence-corrected chi connectivity index (χ3v) is 7.63. The van der Waals surface area contributed by atoms with E-state index in [2.05, 4.69) is 20.3 Å². The molecule has 1 saturated heterocycles. The molecule has 34 heavy (non-hydrogen) atoms. The molecule has 3 heterocycles. The molecule has 4 rings (SSSR count). The van der Waals surface area contributed by atoms with Gasteiger partial charge in [0, 0.05) is 18.4 Å². The van der Waals surface area contributed by atoms with Crippen molar-refractivity contribution in [2.75, 3.05) is 23.9 Å². The number of nitrogens with one attached hydrogen (secondary N) is 1. The largest absolute Gasteiger partial charge is 0.479 e. The summed E-state index contributed by atoms with van der Waals surface area (Å²) >= 11 is 0. The molecule has 0 saturated carbocycles. The standard InChI is InChI=1S/C22H22F4N4O3S/c1-12(13-4-3-5-14(17(13)23)19(24)25)29-20-15-10-16(22(26)6-8-34(31,32)9-7-22)30-21(33-2)18(15)27-11-28-20/h3-5,10-12,19H,6-9H2,1-2H3,(H,27,28,29)/t12-/m1/s1. The lowest BCUT2D eigenvalue weighted by Crippen LogP contribution is -2.34. The molecule has 12 heteroatoms. The number of ether oxygens (including phenoxy) is 1. The Bertz CT molecular complexity index is 1320. The van der Waals surface area contributed by atoms with Crippen LogP contribution in [0.4, 0.5) is 23.4 Å². The number of rotatable bonds is 6. The van der Waals surface area contributed by atoms with Crippen LogP contribution in [0.25, 0.3) is 10.9 Å². The number of nitrogens with zero attached hydrogens (tertiary/aromatic N) is 3. The lowest BCUT2D eigenvalue weighted by atomic mass is 9.93. The van der Waals surface area contributed by atoms with Crippen LogP contribution < -0.4 is 10.1 Å². The number of fused-ring (bicyclic) bond motifs is 1. The second kappa shape index (κ2) is 8.97. The number of aromatic nitrogens is 3. The van der Waals surface area contributed by atoms with Crippen LogP contribution in [0, 0.1) is 5.82 Å². The highest BCUT2D eigenvalue weighted by Gasteiger charge is 2.41. The number of methoxy groups -OCH3 is 1. The number of hydrogen-bond acceptors (Lipinski definition) is 7. The molecule has 0 radical (unpaired) electrons. The van der Waals surface area contributed by atoms with Gasteiger partial charge in [-0.25, -0.2) is 40.9 Å². The van der Waals surface area contributed by atoms with Gasteiger partial charge in [-0.2, -0.15) is 0 Å². The topological polar surface area (TPSA) is 94.1 Å². The zero-order chi connectivity index (χ0) is 24.7. The summed E-state index contributed by atoms with van der Waals surface area (Å²) in [7, 11) is -1.98. The van der Waals surface area contributed by atoms with Gasteiger partial charge >= 0.3 is 0 Å². The van der Waals surface area contributed by atoms with Crippen molar-refractivity contribution in [2.45, 2.75) is 37.9 Å². The Morgan fingerprint density at radius 1 is 1.15 bits per heavy atom. The zero-order valence-corrected chi connectivity index (χ0v) is 19.2. The fourth-order valence-corrected chi connectivity index (χ4v) is 5.47. The Kier molecular flexibility index (Phi) is 6.36. The third-order valence-electron chi connectivity index (χ3n) is 5.97.